The minimum Gasteiger partial charge on any atom is -0.294 e. The average molecular weight is 183 g/mol. The van der Waals surface area contributed by atoms with Crippen LogP contribution in [0.1, 0.15) is 59.8 Å². The molecule has 1 nitrogen and oxygen atoms in total. The second-order valence-corrected chi connectivity index (χ2v) is 3.85. The highest BCUT2D eigenvalue weighted by molar-refractivity contribution is 5.81. The summed E-state index contributed by atoms with van der Waals surface area (Å²) in [5.74, 6) is 0.821. The summed E-state index contributed by atoms with van der Waals surface area (Å²) in [4.78, 5) is 4.58. The summed E-state index contributed by atoms with van der Waals surface area (Å²) in [6, 6.07) is 0. The average Bonchev–Trinajstić information content (AvgIpc) is 2.17. The van der Waals surface area contributed by atoms with Crippen molar-refractivity contribution in [1.82, 2.24) is 0 Å². The van der Waals surface area contributed by atoms with E-state index in [-0.39, 0.29) is 0 Å². The van der Waals surface area contributed by atoms with Crippen molar-refractivity contribution in [3.05, 3.63) is 0 Å². The Morgan fingerprint density at radius 3 is 2.38 bits per heavy atom. The Morgan fingerprint density at radius 2 is 1.92 bits per heavy atom. The molecule has 13 heavy (non-hydrogen) atoms. The molecule has 1 atom stereocenters. The van der Waals surface area contributed by atoms with Crippen LogP contribution in [0.25, 0.3) is 0 Å². The van der Waals surface area contributed by atoms with E-state index in [1.54, 1.807) is 0 Å². The van der Waals surface area contributed by atoms with E-state index in [0.717, 1.165) is 18.9 Å². The predicted molar refractivity (Wildman–Crippen MR) is 61.6 cm³/mol. The van der Waals surface area contributed by atoms with Crippen LogP contribution in [0.3, 0.4) is 0 Å². The molecule has 0 bridgehead atoms. The van der Waals surface area contributed by atoms with Crippen LogP contribution in [-0.2, 0) is 0 Å². The number of aliphatic imine (C=N–C) groups is 1. The van der Waals surface area contributed by atoms with Crippen molar-refractivity contribution in [3.8, 4) is 0 Å². The van der Waals surface area contributed by atoms with Gasteiger partial charge in [-0.1, -0.05) is 40.0 Å². The van der Waals surface area contributed by atoms with E-state index in [1.165, 1.54) is 31.4 Å². The van der Waals surface area contributed by atoms with Crippen LogP contribution >= 0.6 is 0 Å². The Labute approximate surface area is 83.6 Å². The molecular formula is C12H25N. The molecule has 0 aliphatic heterocycles. The van der Waals surface area contributed by atoms with E-state index < -0.39 is 0 Å². The minimum atomic E-state index is 0.821. The van der Waals surface area contributed by atoms with Gasteiger partial charge in [-0.25, -0.2) is 0 Å². The first-order chi connectivity index (χ1) is 6.24. The van der Waals surface area contributed by atoms with Crippen molar-refractivity contribution in [2.75, 3.05) is 6.54 Å². The van der Waals surface area contributed by atoms with E-state index in [1.807, 2.05) is 0 Å². The Balaban J connectivity index is 3.70. The van der Waals surface area contributed by atoms with E-state index in [2.05, 4.69) is 32.7 Å². The maximum Gasteiger partial charge on any atom is 0.0416 e. The van der Waals surface area contributed by atoms with Gasteiger partial charge in [0.2, 0.25) is 0 Å². The summed E-state index contributed by atoms with van der Waals surface area (Å²) in [7, 11) is 0. The fraction of sp³-hybridized carbons (Fsp3) is 0.917. The van der Waals surface area contributed by atoms with Crippen LogP contribution in [0.2, 0.25) is 0 Å². The van der Waals surface area contributed by atoms with Crippen LogP contribution < -0.4 is 0 Å². The first kappa shape index (κ1) is 12.7. The van der Waals surface area contributed by atoms with E-state index in [4.69, 9.17) is 0 Å². The van der Waals surface area contributed by atoms with Crippen molar-refractivity contribution in [2.45, 2.75) is 59.8 Å². The zero-order valence-electron chi connectivity index (χ0n) is 9.77. The second kappa shape index (κ2) is 8.28. The summed E-state index contributed by atoms with van der Waals surface area (Å²) in [5, 5.41) is 0. The van der Waals surface area contributed by atoms with Gasteiger partial charge in [0.1, 0.15) is 0 Å². The van der Waals surface area contributed by atoms with Crippen molar-refractivity contribution in [3.63, 3.8) is 0 Å². The van der Waals surface area contributed by atoms with Gasteiger partial charge in [0, 0.05) is 12.3 Å². The lowest BCUT2D eigenvalue weighted by Crippen LogP contribution is -2.05. The van der Waals surface area contributed by atoms with Crippen LogP contribution in [0.15, 0.2) is 4.99 Å². The smallest absolute Gasteiger partial charge is 0.0416 e. The van der Waals surface area contributed by atoms with Gasteiger partial charge in [-0.05, 0) is 25.7 Å². The zero-order valence-corrected chi connectivity index (χ0v) is 9.77. The first-order valence-corrected chi connectivity index (χ1v) is 5.74. The Morgan fingerprint density at radius 1 is 1.23 bits per heavy atom. The van der Waals surface area contributed by atoms with Gasteiger partial charge >= 0.3 is 0 Å². The molecule has 0 aliphatic rings. The third-order valence-electron chi connectivity index (χ3n) is 2.67. The van der Waals surface area contributed by atoms with E-state index in [0.29, 0.717) is 0 Å². The van der Waals surface area contributed by atoms with E-state index in [9.17, 15) is 0 Å². The fourth-order valence-electron chi connectivity index (χ4n) is 1.31. The monoisotopic (exact) mass is 183 g/mol. The van der Waals surface area contributed by atoms with Crippen LogP contribution in [-0.4, -0.2) is 12.3 Å². The number of rotatable bonds is 7. The molecule has 1 heteroatoms. The second-order valence-electron chi connectivity index (χ2n) is 3.85. The maximum absolute atomic E-state index is 4.58. The molecule has 0 radical (unpaired) electrons. The lowest BCUT2D eigenvalue weighted by atomic mass is 10.00. The molecule has 0 saturated heterocycles. The number of nitrogens with zero attached hydrogens (tertiary/aromatic N) is 1. The molecule has 78 valence electrons. The molecule has 0 spiro atoms. The normalized spacial score (nSPS) is 14.6. The lowest BCUT2D eigenvalue weighted by Gasteiger charge is -2.11. The molecule has 0 aromatic rings. The highest BCUT2D eigenvalue weighted by Gasteiger charge is 2.03. The number of unbranched alkanes of at least 4 members (excludes halogenated alkanes) is 1. The Kier molecular flexibility index (Phi) is 8.07. The first-order valence-electron chi connectivity index (χ1n) is 5.74. The van der Waals surface area contributed by atoms with Gasteiger partial charge in [0.25, 0.3) is 0 Å². The molecule has 0 heterocycles. The summed E-state index contributed by atoms with van der Waals surface area (Å²) in [6.45, 7) is 9.89. The number of hydrogen-bond donors (Lipinski definition) is 0. The third kappa shape index (κ3) is 6.80. The van der Waals surface area contributed by atoms with E-state index >= 15 is 0 Å². The third-order valence-corrected chi connectivity index (χ3v) is 2.67. The summed E-state index contributed by atoms with van der Waals surface area (Å²) < 4.78 is 0. The van der Waals surface area contributed by atoms with Gasteiger partial charge in [0.15, 0.2) is 0 Å². The highest BCUT2D eigenvalue weighted by atomic mass is 14.7. The molecular weight excluding hydrogens is 158 g/mol. The van der Waals surface area contributed by atoms with Gasteiger partial charge in [-0.3, -0.25) is 4.99 Å². The van der Waals surface area contributed by atoms with Crippen LogP contribution in [0.4, 0.5) is 0 Å². The highest BCUT2D eigenvalue weighted by Crippen LogP contribution is 2.12. The summed E-state index contributed by atoms with van der Waals surface area (Å²) >= 11 is 0. The molecule has 0 aliphatic carbocycles. The minimum absolute atomic E-state index is 0.821. The molecule has 0 aromatic carbocycles. The molecule has 0 saturated carbocycles. The van der Waals surface area contributed by atoms with Gasteiger partial charge < -0.3 is 0 Å². The molecule has 1 unspecified atom stereocenters. The topological polar surface area (TPSA) is 12.4 Å². The molecule has 0 fully saturated rings. The largest absolute Gasteiger partial charge is 0.294 e. The van der Waals surface area contributed by atoms with Crippen LogP contribution in [0.5, 0.6) is 0 Å². The molecule has 0 N–H and O–H groups in total. The van der Waals surface area contributed by atoms with Crippen molar-refractivity contribution in [2.24, 2.45) is 10.9 Å². The van der Waals surface area contributed by atoms with Gasteiger partial charge in [-0.15, -0.1) is 0 Å². The molecule has 0 aromatic heterocycles. The SMILES string of the molecule is CCCCC(CC)CN=C(C)CC. The van der Waals surface area contributed by atoms with Crippen molar-refractivity contribution < 1.29 is 0 Å². The molecule has 0 amide bonds. The van der Waals surface area contributed by atoms with Gasteiger partial charge in [0.05, 0.1) is 0 Å². The standard InChI is InChI=1S/C12H25N/c1-5-8-9-12(7-3)10-13-11(4)6-2/h12H,5-10H2,1-4H3. The van der Waals surface area contributed by atoms with Crippen molar-refractivity contribution >= 4 is 5.71 Å². The number of hydrogen-bond acceptors (Lipinski definition) is 1. The fourth-order valence-corrected chi connectivity index (χ4v) is 1.31. The predicted octanol–water partition coefficient (Wildman–Crippen LogP) is 4.07. The summed E-state index contributed by atoms with van der Waals surface area (Å²) in [6.07, 6.45) is 6.41. The van der Waals surface area contributed by atoms with Crippen molar-refractivity contribution in [1.29, 1.82) is 0 Å². The van der Waals surface area contributed by atoms with Crippen LogP contribution in [0, 0.1) is 5.92 Å². The lowest BCUT2D eigenvalue weighted by molar-refractivity contribution is 0.462. The zero-order chi connectivity index (χ0) is 10.1. The maximum atomic E-state index is 4.58. The molecule has 0 rings (SSSR count). The van der Waals surface area contributed by atoms with Gasteiger partial charge in [-0.2, -0.15) is 0 Å². The quantitative estimate of drug-likeness (QED) is 0.527. The Hall–Kier alpha value is -0.330. The Bertz CT molecular complexity index is 138. The summed E-state index contributed by atoms with van der Waals surface area (Å²) in [5.41, 5.74) is 1.30.